The Kier molecular flexibility index (Phi) is 5.72. The third kappa shape index (κ3) is 4.32. The van der Waals surface area contributed by atoms with Crippen molar-refractivity contribution in [3.8, 4) is 0 Å². The number of benzene rings is 1. The minimum absolute atomic E-state index is 0.0766. The zero-order valence-corrected chi connectivity index (χ0v) is 16.4. The normalized spacial score (nSPS) is 18.6. The van der Waals surface area contributed by atoms with Gasteiger partial charge in [0.1, 0.15) is 11.3 Å². The van der Waals surface area contributed by atoms with E-state index in [1.165, 1.54) is 48.7 Å². The zero-order valence-electron chi connectivity index (χ0n) is 15.5. The fraction of sp³-hybridized carbons (Fsp3) is 0.524. The molecule has 27 heavy (non-hydrogen) atoms. The van der Waals surface area contributed by atoms with Crippen LogP contribution in [0.5, 0.6) is 0 Å². The third-order valence-electron chi connectivity index (χ3n) is 5.63. The van der Waals surface area contributed by atoms with Gasteiger partial charge >= 0.3 is 0 Å². The van der Waals surface area contributed by atoms with Crippen LogP contribution in [0.2, 0.25) is 0 Å². The van der Waals surface area contributed by atoms with E-state index in [4.69, 9.17) is 0 Å². The lowest BCUT2D eigenvalue weighted by atomic mass is 9.95. The average molecular weight is 388 g/mol. The number of carbonyl (C=O) groups excluding carboxylic acids is 1. The first-order valence-electron chi connectivity index (χ1n) is 9.96. The number of fused-ring (bicyclic) bond motifs is 1. The maximum atomic E-state index is 13.9. The molecule has 2 aromatic rings. The van der Waals surface area contributed by atoms with Gasteiger partial charge in [0.25, 0.3) is 0 Å². The van der Waals surface area contributed by atoms with Crippen molar-refractivity contribution in [3.05, 3.63) is 35.7 Å². The summed E-state index contributed by atoms with van der Waals surface area (Å²) < 4.78 is 14.7. The largest absolute Gasteiger partial charge is 0.356 e. The van der Waals surface area contributed by atoms with Crippen LogP contribution in [0, 0.1) is 11.7 Å². The summed E-state index contributed by atoms with van der Waals surface area (Å²) in [6, 6.07) is 5.08. The number of hydrogen-bond acceptors (Lipinski definition) is 4. The number of amides is 1. The maximum Gasteiger partial charge on any atom is 0.223 e. The number of piperidine rings is 1. The minimum atomic E-state index is -0.266. The highest BCUT2D eigenvalue weighted by Gasteiger charge is 2.26. The number of nitrogens with zero attached hydrogens (tertiary/aromatic N) is 2. The van der Waals surface area contributed by atoms with E-state index in [1.807, 2.05) is 6.07 Å². The number of para-hydroxylation sites is 1. The average Bonchev–Trinajstić information content (AvgIpc) is 3.15. The predicted octanol–water partition coefficient (Wildman–Crippen LogP) is 4.66. The van der Waals surface area contributed by atoms with Gasteiger partial charge in [-0.15, -0.1) is 0 Å². The molecule has 4 nitrogen and oxygen atoms in total. The molecule has 0 unspecified atom stereocenters. The van der Waals surface area contributed by atoms with Gasteiger partial charge in [-0.2, -0.15) is 0 Å². The number of thiazole rings is 1. The first-order valence-corrected chi connectivity index (χ1v) is 10.8. The van der Waals surface area contributed by atoms with Crippen molar-refractivity contribution < 1.29 is 9.18 Å². The smallest absolute Gasteiger partial charge is 0.223 e. The second-order valence-corrected chi connectivity index (χ2v) is 8.50. The van der Waals surface area contributed by atoms with E-state index in [1.54, 1.807) is 6.07 Å². The van der Waals surface area contributed by atoms with E-state index in [2.05, 4.69) is 21.3 Å². The Bertz CT molecular complexity index is 839. The van der Waals surface area contributed by atoms with Crippen LogP contribution in [-0.2, 0) is 4.79 Å². The molecule has 6 heteroatoms. The second-order valence-electron chi connectivity index (χ2n) is 7.49. The lowest BCUT2D eigenvalue weighted by Crippen LogP contribution is -2.40. The molecule has 1 saturated heterocycles. The Hall–Kier alpha value is -1.95. The molecule has 144 valence electrons. The summed E-state index contributed by atoms with van der Waals surface area (Å²) in [5.74, 6) is -0.00792. The van der Waals surface area contributed by atoms with Crippen LogP contribution in [0.1, 0.15) is 44.9 Å². The van der Waals surface area contributed by atoms with Crippen LogP contribution < -0.4 is 10.2 Å². The van der Waals surface area contributed by atoms with Crippen molar-refractivity contribution in [2.75, 3.05) is 24.5 Å². The van der Waals surface area contributed by atoms with E-state index >= 15 is 0 Å². The number of aromatic nitrogens is 1. The van der Waals surface area contributed by atoms with Crippen LogP contribution in [-0.4, -0.2) is 30.5 Å². The van der Waals surface area contributed by atoms with Crippen LogP contribution in [0.15, 0.2) is 29.8 Å². The van der Waals surface area contributed by atoms with Crippen LogP contribution in [0.4, 0.5) is 9.52 Å². The van der Waals surface area contributed by atoms with Crippen molar-refractivity contribution in [2.45, 2.75) is 44.9 Å². The number of nitrogens with one attached hydrogen (secondary N) is 1. The van der Waals surface area contributed by atoms with Crippen LogP contribution >= 0.6 is 11.3 Å². The molecule has 1 aromatic heterocycles. The van der Waals surface area contributed by atoms with Crippen molar-refractivity contribution in [1.82, 2.24) is 10.3 Å². The molecule has 1 aliphatic heterocycles. The molecule has 1 aromatic carbocycles. The molecule has 4 rings (SSSR count). The molecule has 1 aliphatic carbocycles. The highest BCUT2D eigenvalue weighted by Crippen LogP contribution is 2.32. The SMILES string of the molecule is O=C(NCCC1=CCCCC1)C1CCN(c2nc3c(F)cccc3s2)CC1. The lowest BCUT2D eigenvalue weighted by molar-refractivity contribution is -0.125. The quantitative estimate of drug-likeness (QED) is 0.759. The zero-order chi connectivity index (χ0) is 18.6. The summed E-state index contributed by atoms with van der Waals surface area (Å²) in [5.41, 5.74) is 1.95. The summed E-state index contributed by atoms with van der Waals surface area (Å²) in [6.07, 6.45) is 9.95. The van der Waals surface area contributed by atoms with E-state index in [9.17, 15) is 9.18 Å². The minimum Gasteiger partial charge on any atom is -0.356 e. The van der Waals surface area contributed by atoms with Gasteiger partial charge in [-0.25, -0.2) is 9.37 Å². The summed E-state index contributed by atoms with van der Waals surface area (Å²) in [7, 11) is 0. The molecule has 0 radical (unpaired) electrons. The van der Waals surface area contributed by atoms with Crippen LogP contribution in [0.25, 0.3) is 10.2 Å². The molecule has 2 aliphatic rings. The van der Waals surface area contributed by atoms with Gasteiger partial charge in [-0.05, 0) is 57.1 Å². The van der Waals surface area contributed by atoms with E-state index in [0.29, 0.717) is 5.52 Å². The van der Waals surface area contributed by atoms with Gasteiger partial charge in [0.2, 0.25) is 5.91 Å². The molecule has 0 bridgehead atoms. The van der Waals surface area contributed by atoms with Crippen molar-refractivity contribution in [3.63, 3.8) is 0 Å². The summed E-state index contributed by atoms with van der Waals surface area (Å²) >= 11 is 1.53. The Morgan fingerprint density at radius 3 is 2.89 bits per heavy atom. The number of hydrogen-bond donors (Lipinski definition) is 1. The van der Waals surface area contributed by atoms with Gasteiger partial charge in [0, 0.05) is 25.6 Å². The number of halogens is 1. The maximum absolute atomic E-state index is 13.9. The number of anilines is 1. The molecular formula is C21H26FN3OS. The van der Waals surface area contributed by atoms with Gasteiger partial charge in [0.15, 0.2) is 5.13 Å². The Morgan fingerprint density at radius 1 is 1.30 bits per heavy atom. The highest BCUT2D eigenvalue weighted by molar-refractivity contribution is 7.22. The molecule has 0 atom stereocenters. The first kappa shape index (κ1) is 18.4. The third-order valence-corrected chi connectivity index (χ3v) is 6.71. The molecule has 0 saturated carbocycles. The molecule has 1 N–H and O–H groups in total. The number of allylic oxidation sites excluding steroid dienone is 1. The molecule has 0 spiro atoms. The van der Waals surface area contributed by atoms with Crippen LogP contribution in [0.3, 0.4) is 0 Å². The Morgan fingerprint density at radius 2 is 2.15 bits per heavy atom. The fourth-order valence-corrected chi connectivity index (χ4v) is 5.03. The summed E-state index contributed by atoms with van der Waals surface area (Å²) in [5, 5.41) is 3.98. The van der Waals surface area contributed by atoms with Crippen molar-refractivity contribution in [1.29, 1.82) is 0 Å². The van der Waals surface area contributed by atoms with Crippen molar-refractivity contribution in [2.24, 2.45) is 5.92 Å². The summed E-state index contributed by atoms with van der Waals surface area (Å²) in [6.45, 7) is 2.34. The molecule has 1 amide bonds. The van der Waals surface area contributed by atoms with Gasteiger partial charge in [-0.1, -0.05) is 29.1 Å². The summed E-state index contributed by atoms with van der Waals surface area (Å²) in [4.78, 5) is 19.1. The lowest BCUT2D eigenvalue weighted by Gasteiger charge is -2.31. The highest BCUT2D eigenvalue weighted by atomic mass is 32.1. The molecular weight excluding hydrogens is 361 g/mol. The van der Waals surface area contributed by atoms with E-state index in [0.717, 1.165) is 48.7 Å². The monoisotopic (exact) mass is 387 g/mol. The van der Waals surface area contributed by atoms with E-state index < -0.39 is 0 Å². The van der Waals surface area contributed by atoms with Gasteiger partial charge in [-0.3, -0.25) is 4.79 Å². The van der Waals surface area contributed by atoms with E-state index in [-0.39, 0.29) is 17.6 Å². The predicted molar refractivity (Wildman–Crippen MR) is 109 cm³/mol. The molecule has 2 heterocycles. The van der Waals surface area contributed by atoms with Gasteiger partial charge in [0.05, 0.1) is 4.70 Å². The fourth-order valence-electron chi connectivity index (χ4n) is 3.99. The topological polar surface area (TPSA) is 45.2 Å². The number of rotatable bonds is 5. The Labute approximate surface area is 163 Å². The van der Waals surface area contributed by atoms with Gasteiger partial charge < -0.3 is 10.2 Å². The second kappa shape index (κ2) is 8.38. The molecule has 1 fully saturated rings. The Balaban J connectivity index is 1.27. The van der Waals surface area contributed by atoms with Crippen molar-refractivity contribution >= 4 is 32.6 Å². The first-order chi connectivity index (χ1) is 13.2. The number of carbonyl (C=O) groups is 1. The standard InChI is InChI=1S/C21H26FN3OS/c22-17-7-4-8-18-19(17)24-21(27-18)25-13-10-16(11-14-25)20(26)23-12-9-15-5-2-1-3-6-15/h4-5,7-8,16H,1-3,6,9-14H2,(H,23,26).